The zero-order valence-electron chi connectivity index (χ0n) is 8.65. The minimum absolute atomic E-state index is 1.14. The van der Waals surface area contributed by atoms with E-state index in [9.17, 15) is 0 Å². The maximum Gasteiger partial charge on any atom is -0.0311 e. The first kappa shape index (κ1) is 13.1. The van der Waals surface area contributed by atoms with Crippen LogP contribution in [0.25, 0.3) is 0 Å². The molecule has 0 saturated heterocycles. The lowest BCUT2D eigenvalue weighted by atomic mass is 10.2. The van der Waals surface area contributed by atoms with Gasteiger partial charge in [0.1, 0.15) is 0 Å². The van der Waals surface area contributed by atoms with E-state index in [2.05, 4.69) is 39.0 Å². The van der Waals surface area contributed by atoms with Crippen molar-refractivity contribution in [2.24, 2.45) is 0 Å². The molecular weight excluding hydrogens is 132 g/mol. The lowest BCUT2D eigenvalue weighted by Gasteiger charge is -1.91. The Labute approximate surface area is 72.0 Å². The summed E-state index contributed by atoms with van der Waals surface area (Å²) < 4.78 is 0. The summed E-state index contributed by atoms with van der Waals surface area (Å²) in [5, 5.41) is 0. The highest BCUT2D eigenvalue weighted by Crippen LogP contribution is 2.01. The molecule has 0 atom stereocenters. The highest BCUT2D eigenvalue weighted by Gasteiger charge is 1.80. The standard InChI is InChI=1S/C9H16.C2H6/c1-4-7-8-9(5-2)6-3;1-2/h5,7-8H,4,6H2,1-3H3;1-2H3/b8-7-,9-5-;. The topological polar surface area (TPSA) is 0 Å². The fourth-order valence-electron chi connectivity index (χ4n) is 0.687. The molecule has 0 aromatic rings. The van der Waals surface area contributed by atoms with Crippen LogP contribution in [0.4, 0.5) is 0 Å². The molecule has 0 aliphatic carbocycles. The Kier molecular flexibility index (Phi) is 14.5. The first-order valence-electron chi connectivity index (χ1n) is 4.66. The molecule has 0 heterocycles. The third kappa shape index (κ3) is 9.48. The molecule has 0 unspecified atom stereocenters. The largest absolute Gasteiger partial charge is 0.0845 e. The second-order valence-corrected chi connectivity index (χ2v) is 2.03. The molecule has 0 aromatic heterocycles. The van der Waals surface area contributed by atoms with Crippen molar-refractivity contribution in [2.45, 2.75) is 47.5 Å². The van der Waals surface area contributed by atoms with E-state index in [0.29, 0.717) is 0 Å². The van der Waals surface area contributed by atoms with Crippen LogP contribution in [-0.2, 0) is 0 Å². The van der Waals surface area contributed by atoms with Crippen molar-refractivity contribution in [2.75, 3.05) is 0 Å². The van der Waals surface area contributed by atoms with Crippen molar-refractivity contribution in [3.05, 3.63) is 23.8 Å². The van der Waals surface area contributed by atoms with Crippen LogP contribution in [0.1, 0.15) is 47.5 Å². The van der Waals surface area contributed by atoms with E-state index in [-0.39, 0.29) is 0 Å². The third-order valence-electron chi connectivity index (χ3n) is 1.35. The van der Waals surface area contributed by atoms with Crippen LogP contribution in [0.2, 0.25) is 0 Å². The number of allylic oxidation sites excluding steroid dienone is 4. The molecule has 0 spiro atoms. The second-order valence-electron chi connectivity index (χ2n) is 2.03. The van der Waals surface area contributed by atoms with E-state index in [0.717, 1.165) is 12.8 Å². The predicted molar refractivity (Wildman–Crippen MR) is 54.8 cm³/mol. The Morgan fingerprint density at radius 1 is 1.18 bits per heavy atom. The molecule has 0 aliphatic rings. The van der Waals surface area contributed by atoms with Gasteiger partial charge in [-0.2, -0.15) is 0 Å². The van der Waals surface area contributed by atoms with E-state index in [1.165, 1.54) is 5.57 Å². The number of hydrogen-bond acceptors (Lipinski definition) is 0. The third-order valence-corrected chi connectivity index (χ3v) is 1.35. The van der Waals surface area contributed by atoms with Crippen LogP contribution in [0.3, 0.4) is 0 Å². The SMILES string of the molecule is C/C=C(\C=C/CC)CC.CC. The molecule has 11 heavy (non-hydrogen) atoms. The van der Waals surface area contributed by atoms with Crippen LogP contribution >= 0.6 is 0 Å². The summed E-state index contributed by atoms with van der Waals surface area (Å²) in [6.45, 7) is 10.4. The maximum atomic E-state index is 2.19. The van der Waals surface area contributed by atoms with Gasteiger partial charge in [-0.1, -0.05) is 51.5 Å². The van der Waals surface area contributed by atoms with Crippen molar-refractivity contribution >= 4 is 0 Å². The molecule has 0 N–H and O–H groups in total. The van der Waals surface area contributed by atoms with Crippen molar-refractivity contribution in [3.8, 4) is 0 Å². The molecule has 0 saturated carbocycles. The van der Waals surface area contributed by atoms with Crippen LogP contribution in [0, 0.1) is 0 Å². The van der Waals surface area contributed by atoms with E-state index in [1.807, 2.05) is 13.8 Å². The van der Waals surface area contributed by atoms with E-state index < -0.39 is 0 Å². The van der Waals surface area contributed by atoms with Crippen molar-refractivity contribution in [3.63, 3.8) is 0 Å². The van der Waals surface area contributed by atoms with E-state index in [4.69, 9.17) is 0 Å². The summed E-state index contributed by atoms with van der Waals surface area (Å²) in [6.07, 6.45) is 8.83. The van der Waals surface area contributed by atoms with Crippen LogP contribution in [0.15, 0.2) is 23.8 Å². The Bertz CT molecular complexity index is 107. The van der Waals surface area contributed by atoms with Gasteiger partial charge in [0.15, 0.2) is 0 Å². The van der Waals surface area contributed by atoms with Gasteiger partial charge in [0.05, 0.1) is 0 Å². The van der Waals surface area contributed by atoms with Gasteiger partial charge in [-0.15, -0.1) is 0 Å². The van der Waals surface area contributed by atoms with Crippen LogP contribution in [0.5, 0.6) is 0 Å². The molecule has 0 aliphatic heterocycles. The van der Waals surface area contributed by atoms with Gasteiger partial charge in [0, 0.05) is 0 Å². The first-order chi connectivity index (χ1) is 5.35. The highest BCUT2D eigenvalue weighted by atomic mass is 13.9. The lowest BCUT2D eigenvalue weighted by molar-refractivity contribution is 1.13. The summed E-state index contributed by atoms with van der Waals surface area (Å²) in [6, 6.07) is 0. The normalized spacial score (nSPS) is 11.2. The molecular formula is C11H22. The molecule has 0 radical (unpaired) electrons. The van der Waals surface area contributed by atoms with Crippen LogP contribution < -0.4 is 0 Å². The number of rotatable bonds is 3. The van der Waals surface area contributed by atoms with Crippen molar-refractivity contribution in [1.82, 2.24) is 0 Å². The highest BCUT2D eigenvalue weighted by molar-refractivity contribution is 5.16. The second kappa shape index (κ2) is 12.2. The monoisotopic (exact) mass is 154 g/mol. The van der Waals surface area contributed by atoms with Gasteiger partial charge in [-0.25, -0.2) is 0 Å². The summed E-state index contributed by atoms with van der Waals surface area (Å²) in [5.74, 6) is 0. The molecule has 0 fully saturated rings. The smallest absolute Gasteiger partial charge is 0.0311 e. The van der Waals surface area contributed by atoms with Crippen LogP contribution in [-0.4, -0.2) is 0 Å². The predicted octanol–water partition coefficient (Wildman–Crippen LogP) is 4.34. The summed E-state index contributed by atoms with van der Waals surface area (Å²) in [7, 11) is 0. The molecule has 0 rings (SSSR count). The maximum absolute atomic E-state index is 2.19. The molecule has 0 bridgehead atoms. The van der Waals surface area contributed by atoms with E-state index >= 15 is 0 Å². The van der Waals surface area contributed by atoms with Crippen molar-refractivity contribution < 1.29 is 0 Å². The molecule has 66 valence electrons. The number of hydrogen-bond donors (Lipinski definition) is 0. The average Bonchev–Trinajstić information content (AvgIpc) is 2.10. The first-order valence-corrected chi connectivity index (χ1v) is 4.66. The van der Waals surface area contributed by atoms with Gasteiger partial charge in [0.2, 0.25) is 0 Å². The Hall–Kier alpha value is -0.520. The van der Waals surface area contributed by atoms with Gasteiger partial charge >= 0.3 is 0 Å². The summed E-state index contributed by atoms with van der Waals surface area (Å²) >= 11 is 0. The van der Waals surface area contributed by atoms with Gasteiger partial charge in [0.25, 0.3) is 0 Å². The zero-order valence-corrected chi connectivity index (χ0v) is 8.65. The molecule has 0 nitrogen and oxygen atoms in total. The molecule has 0 amide bonds. The molecule has 0 heteroatoms. The van der Waals surface area contributed by atoms with Gasteiger partial charge < -0.3 is 0 Å². The minimum atomic E-state index is 1.14. The van der Waals surface area contributed by atoms with Crippen molar-refractivity contribution in [1.29, 1.82) is 0 Å². The minimum Gasteiger partial charge on any atom is -0.0845 e. The fourth-order valence-corrected chi connectivity index (χ4v) is 0.687. The lowest BCUT2D eigenvalue weighted by Crippen LogP contribution is -1.70. The Balaban J connectivity index is 0. The fraction of sp³-hybridized carbons (Fsp3) is 0.636. The van der Waals surface area contributed by atoms with Gasteiger partial charge in [-0.3, -0.25) is 0 Å². The average molecular weight is 154 g/mol. The Morgan fingerprint density at radius 3 is 2.00 bits per heavy atom. The molecule has 0 aromatic carbocycles. The van der Waals surface area contributed by atoms with Gasteiger partial charge in [-0.05, 0) is 19.8 Å². The van der Waals surface area contributed by atoms with E-state index in [1.54, 1.807) is 0 Å². The summed E-state index contributed by atoms with van der Waals surface area (Å²) in [4.78, 5) is 0. The summed E-state index contributed by atoms with van der Waals surface area (Å²) in [5.41, 5.74) is 1.43. The zero-order chi connectivity index (χ0) is 9.11. The quantitative estimate of drug-likeness (QED) is 0.531. The Morgan fingerprint density at radius 2 is 1.73 bits per heavy atom.